The summed E-state index contributed by atoms with van der Waals surface area (Å²) in [6, 6.07) is 43.7. The van der Waals surface area contributed by atoms with E-state index in [0.717, 1.165) is 33.8 Å². The van der Waals surface area contributed by atoms with Crippen molar-refractivity contribution in [3.63, 3.8) is 0 Å². The summed E-state index contributed by atoms with van der Waals surface area (Å²) in [5, 5.41) is 4.85. The highest BCUT2D eigenvalue weighted by Crippen LogP contribution is 2.52. The van der Waals surface area contributed by atoms with Gasteiger partial charge in [0.05, 0.1) is 0 Å². The molecule has 42 heavy (non-hydrogen) atoms. The quantitative estimate of drug-likeness (QED) is 0.217. The maximum atomic E-state index is 6.35. The van der Waals surface area contributed by atoms with Crippen molar-refractivity contribution in [2.75, 3.05) is 0 Å². The van der Waals surface area contributed by atoms with Crippen LogP contribution in [0.5, 0.6) is 11.5 Å². The molecule has 0 atom stereocenters. The first-order valence-corrected chi connectivity index (χ1v) is 14.7. The highest BCUT2D eigenvalue weighted by Gasteiger charge is 2.23. The van der Waals surface area contributed by atoms with Crippen molar-refractivity contribution in [1.82, 2.24) is 15.0 Å². The minimum Gasteiger partial charge on any atom is -0.456 e. The lowest BCUT2D eigenvalue weighted by Crippen LogP contribution is -2.00. The van der Waals surface area contributed by atoms with Crippen LogP contribution in [0, 0.1) is 0 Å². The molecule has 6 aromatic carbocycles. The molecule has 0 fully saturated rings. The normalized spacial score (nSPS) is 12.0. The monoisotopic (exact) mass is 555 g/mol. The van der Waals surface area contributed by atoms with Crippen molar-refractivity contribution in [1.29, 1.82) is 0 Å². The first-order valence-electron chi connectivity index (χ1n) is 13.9. The summed E-state index contributed by atoms with van der Waals surface area (Å²) in [7, 11) is 0. The molecule has 9 rings (SSSR count). The van der Waals surface area contributed by atoms with Crippen molar-refractivity contribution in [2.24, 2.45) is 0 Å². The first-order chi connectivity index (χ1) is 20.8. The van der Waals surface area contributed by atoms with Crippen molar-refractivity contribution in [3.05, 3.63) is 127 Å². The van der Waals surface area contributed by atoms with Crippen LogP contribution in [-0.2, 0) is 0 Å². The molecule has 1 aliphatic rings. The van der Waals surface area contributed by atoms with E-state index in [1.54, 1.807) is 0 Å². The SMILES string of the molecule is c1ccc(-c2nc(-c3ccccc3)nc(-c3cccc(-c4cc5cccc6c5c5c4sc4cccc(c45)O6)c3)n2)cc1. The molecule has 196 valence electrons. The van der Waals surface area contributed by atoms with Gasteiger partial charge in [-0.3, -0.25) is 0 Å². The Morgan fingerprint density at radius 2 is 1.02 bits per heavy atom. The number of benzene rings is 6. The van der Waals surface area contributed by atoms with E-state index >= 15 is 0 Å². The summed E-state index contributed by atoms with van der Waals surface area (Å²) in [5.41, 5.74) is 5.19. The third-order valence-electron chi connectivity index (χ3n) is 7.88. The van der Waals surface area contributed by atoms with Crippen LogP contribution in [0.25, 0.3) is 76.2 Å². The van der Waals surface area contributed by atoms with Crippen LogP contribution in [0.3, 0.4) is 0 Å². The molecular weight excluding hydrogens is 534 g/mol. The molecule has 0 aliphatic carbocycles. The number of thiophene rings is 1. The summed E-state index contributed by atoms with van der Waals surface area (Å²) in [6.07, 6.45) is 0. The fourth-order valence-electron chi connectivity index (χ4n) is 5.97. The van der Waals surface area contributed by atoms with Crippen LogP contribution in [0.15, 0.2) is 127 Å². The van der Waals surface area contributed by atoms with E-state index in [2.05, 4.69) is 66.7 Å². The largest absolute Gasteiger partial charge is 0.456 e. The molecule has 0 bridgehead atoms. The molecule has 0 unspecified atom stereocenters. The van der Waals surface area contributed by atoms with Gasteiger partial charge >= 0.3 is 0 Å². The van der Waals surface area contributed by atoms with Crippen molar-refractivity contribution in [3.8, 4) is 56.8 Å². The number of ether oxygens (including phenoxy) is 1. The summed E-state index contributed by atoms with van der Waals surface area (Å²) >= 11 is 1.83. The van der Waals surface area contributed by atoms with Crippen LogP contribution >= 0.6 is 11.3 Å². The Bertz CT molecular complexity index is 2270. The minimum atomic E-state index is 0.650. The highest BCUT2D eigenvalue weighted by molar-refractivity contribution is 7.26. The van der Waals surface area contributed by atoms with Crippen molar-refractivity contribution >= 4 is 42.3 Å². The summed E-state index contributed by atoms with van der Waals surface area (Å²) in [6.45, 7) is 0. The summed E-state index contributed by atoms with van der Waals surface area (Å²) < 4.78 is 8.85. The first kappa shape index (κ1) is 23.3. The van der Waals surface area contributed by atoms with Gasteiger partial charge in [0, 0.05) is 47.8 Å². The second kappa shape index (κ2) is 9.06. The summed E-state index contributed by atoms with van der Waals surface area (Å²) in [5.74, 6) is 3.81. The minimum absolute atomic E-state index is 0.650. The maximum Gasteiger partial charge on any atom is 0.164 e. The zero-order valence-corrected chi connectivity index (χ0v) is 23.1. The van der Waals surface area contributed by atoms with Gasteiger partial charge < -0.3 is 4.74 Å². The third-order valence-corrected chi connectivity index (χ3v) is 9.07. The lowest BCUT2D eigenvalue weighted by Gasteiger charge is -2.17. The number of hydrogen-bond donors (Lipinski definition) is 0. The molecular formula is C37H21N3OS. The molecule has 5 heteroatoms. The van der Waals surface area contributed by atoms with Gasteiger partial charge in [-0.1, -0.05) is 97.1 Å². The lowest BCUT2D eigenvalue weighted by atomic mass is 9.94. The second-order valence-electron chi connectivity index (χ2n) is 10.4. The van der Waals surface area contributed by atoms with Gasteiger partial charge in [-0.25, -0.2) is 15.0 Å². The van der Waals surface area contributed by atoms with Crippen LogP contribution in [0.1, 0.15) is 0 Å². The van der Waals surface area contributed by atoms with Gasteiger partial charge in [-0.05, 0) is 41.3 Å². The smallest absolute Gasteiger partial charge is 0.164 e. The zero-order chi connectivity index (χ0) is 27.6. The molecule has 0 amide bonds. The van der Waals surface area contributed by atoms with Crippen LogP contribution < -0.4 is 4.74 Å². The average molecular weight is 556 g/mol. The number of rotatable bonds is 4. The van der Waals surface area contributed by atoms with Crippen LogP contribution in [0.2, 0.25) is 0 Å². The van der Waals surface area contributed by atoms with Crippen LogP contribution in [0.4, 0.5) is 0 Å². The Balaban J connectivity index is 1.27. The Labute approximate surface area is 245 Å². The molecule has 0 radical (unpaired) electrons. The summed E-state index contributed by atoms with van der Waals surface area (Å²) in [4.78, 5) is 14.8. The fourth-order valence-corrected chi connectivity index (χ4v) is 7.23. The Morgan fingerprint density at radius 3 is 1.74 bits per heavy atom. The average Bonchev–Trinajstić information content (AvgIpc) is 3.46. The molecule has 0 saturated carbocycles. The van der Waals surface area contributed by atoms with Gasteiger partial charge in [-0.2, -0.15) is 0 Å². The highest BCUT2D eigenvalue weighted by atomic mass is 32.1. The second-order valence-corrected chi connectivity index (χ2v) is 11.5. The van der Waals surface area contributed by atoms with E-state index in [4.69, 9.17) is 19.7 Å². The standard InChI is InChI=1S/C37H21N3OS/c1-3-10-22(11-4-1)35-38-36(23-12-5-2-6-13-23)40-37(39-35)26-16-7-14-24(20-26)27-21-25-15-8-17-28-31(25)33-32-29(41-28)18-9-19-30(32)42-34(27)33/h1-21H. The number of nitrogens with zero attached hydrogens (tertiary/aromatic N) is 3. The molecule has 0 N–H and O–H groups in total. The van der Waals surface area contributed by atoms with E-state index in [-0.39, 0.29) is 0 Å². The van der Waals surface area contributed by atoms with E-state index in [0.29, 0.717) is 17.5 Å². The van der Waals surface area contributed by atoms with E-state index in [9.17, 15) is 0 Å². The van der Waals surface area contributed by atoms with Gasteiger partial charge in [0.15, 0.2) is 17.5 Å². The molecule has 0 saturated heterocycles. The third kappa shape index (κ3) is 3.57. The van der Waals surface area contributed by atoms with E-state index < -0.39 is 0 Å². The van der Waals surface area contributed by atoms with Gasteiger partial charge in [0.1, 0.15) is 11.5 Å². The lowest BCUT2D eigenvalue weighted by molar-refractivity contribution is 0.493. The van der Waals surface area contributed by atoms with Crippen molar-refractivity contribution in [2.45, 2.75) is 0 Å². The zero-order valence-electron chi connectivity index (χ0n) is 22.3. The fraction of sp³-hybridized carbons (Fsp3) is 0. The maximum absolute atomic E-state index is 6.35. The Morgan fingerprint density at radius 1 is 0.452 bits per heavy atom. The number of hydrogen-bond acceptors (Lipinski definition) is 5. The molecule has 0 spiro atoms. The van der Waals surface area contributed by atoms with Gasteiger partial charge in [0.2, 0.25) is 0 Å². The molecule has 8 aromatic rings. The van der Waals surface area contributed by atoms with Gasteiger partial charge in [-0.15, -0.1) is 11.3 Å². The van der Waals surface area contributed by atoms with E-state index in [1.807, 2.05) is 72.0 Å². The van der Waals surface area contributed by atoms with Gasteiger partial charge in [0.25, 0.3) is 0 Å². The Kier molecular flexibility index (Phi) is 5.03. The molecule has 4 nitrogen and oxygen atoms in total. The molecule has 2 aromatic heterocycles. The van der Waals surface area contributed by atoms with Crippen LogP contribution in [-0.4, -0.2) is 15.0 Å². The molecule has 1 aliphatic heterocycles. The predicted molar refractivity (Wildman–Crippen MR) is 172 cm³/mol. The van der Waals surface area contributed by atoms with E-state index in [1.165, 1.54) is 36.5 Å². The predicted octanol–water partition coefficient (Wildman–Crippen LogP) is 10.2. The number of aromatic nitrogens is 3. The topological polar surface area (TPSA) is 47.9 Å². The Hall–Kier alpha value is -5.39. The van der Waals surface area contributed by atoms with Crippen molar-refractivity contribution < 1.29 is 4.74 Å². The molecule has 3 heterocycles.